The van der Waals surface area contributed by atoms with Crippen molar-refractivity contribution in [2.75, 3.05) is 6.16 Å². The van der Waals surface area contributed by atoms with Crippen LogP contribution in [0.3, 0.4) is 0 Å². The van der Waals surface area contributed by atoms with E-state index in [2.05, 4.69) is 106 Å². The van der Waals surface area contributed by atoms with Crippen molar-refractivity contribution in [3.63, 3.8) is 0 Å². The summed E-state index contributed by atoms with van der Waals surface area (Å²) in [5.74, 6) is 0. The monoisotopic (exact) mass is 434 g/mol. The highest BCUT2D eigenvalue weighted by Crippen LogP contribution is 2.59. The van der Waals surface area contributed by atoms with Crippen LogP contribution in [0, 0.1) is 0 Å². The second kappa shape index (κ2) is 6.80. The fraction of sp³-hybridized carbons (Fsp3) is 0.200. The normalized spacial score (nSPS) is 20.3. The molecular formula is C30H27OP. The third kappa shape index (κ3) is 2.44. The molecule has 32 heavy (non-hydrogen) atoms. The first-order valence-corrected chi connectivity index (χ1v) is 13.4. The maximum absolute atomic E-state index is 15.1. The second-order valence-corrected chi connectivity index (χ2v) is 12.5. The van der Waals surface area contributed by atoms with Gasteiger partial charge in [0.1, 0.15) is 7.14 Å². The molecule has 2 aliphatic rings. The van der Waals surface area contributed by atoms with E-state index in [1.165, 1.54) is 38.6 Å². The Bertz CT molecular complexity index is 1490. The van der Waals surface area contributed by atoms with Gasteiger partial charge in [0, 0.05) is 22.2 Å². The van der Waals surface area contributed by atoms with Gasteiger partial charge < -0.3 is 4.57 Å². The maximum atomic E-state index is 15.1. The minimum atomic E-state index is -2.81. The molecule has 1 unspecified atom stereocenters. The van der Waals surface area contributed by atoms with E-state index in [0.29, 0.717) is 6.16 Å². The van der Waals surface area contributed by atoms with E-state index >= 15 is 4.57 Å². The van der Waals surface area contributed by atoms with Gasteiger partial charge in [-0.1, -0.05) is 99.6 Å². The highest BCUT2D eigenvalue weighted by Gasteiger charge is 2.46. The van der Waals surface area contributed by atoms with Gasteiger partial charge in [0.2, 0.25) is 0 Å². The standard InChI is InChI=1S/C30H27OP/c1-4-19-32(31)25-16-10-8-14-23(25)27-22-13-7-9-15-24(22)30(2,3)29(27)28-21-12-6-5-11-20(21)17-18-26(28)32/h5-18H,4,19H2,1-3H3. The lowest BCUT2D eigenvalue weighted by molar-refractivity contribution is 0.586. The van der Waals surface area contributed by atoms with Gasteiger partial charge in [0.15, 0.2) is 0 Å². The molecule has 1 aliphatic heterocycles. The minimum Gasteiger partial charge on any atom is -0.314 e. The molecule has 0 spiro atoms. The fourth-order valence-electron chi connectivity index (χ4n) is 6.05. The van der Waals surface area contributed by atoms with Crippen molar-refractivity contribution in [1.82, 2.24) is 0 Å². The lowest BCUT2D eigenvalue weighted by atomic mass is 9.76. The number of hydrogen-bond acceptors (Lipinski definition) is 1. The van der Waals surface area contributed by atoms with Gasteiger partial charge >= 0.3 is 0 Å². The molecule has 0 bridgehead atoms. The summed E-state index contributed by atoms with van der Waals surface area (Å²) in [4.78, 5) is 0. The number of allylic oxidation sites excluding steroid dienone is 1. The van der Waals surface area contributed by atoms with Crippen molar-refractivity contribution < 1.29 is 4.57 Å². The predicted octanol–water partition coefficient (Wildman–Crippen LogP) is 7.13. The topological polar surface area (TPSA) is 17.1 Å². The molecule has 4 aromatic carbocycles. The first-order valence-electron chi connectivity index (χ1n) is 11.5. The van der Waals surface area contributed by atoms with Crippen LogP contribution in [0.1, 0.15) is 49.4 Å². The molecule has 158 valence electrons. The van der Waals surface area contributed by atoms with Gasteiger partial charge in [0.25, 0.3) is 0 Å². The summed E-state index contributed by atoms with van der Waals surface area (Å²) in [5, 5.41) is 4.48. The summed E-state index contributed by atoms with van der Waals surface area (Å²) in [6.07, 6.45) is 1.58. The Hall–Kier alpha value is -2.89. The van der Waals surface area contributed by atoms with Crippen molar-refractivity contribution in [3.05, 3.63) is 107 Å². The van der Waals surface area contributed by atoms with Crippen molar-refractivity contribution in [1.29, 1.82) is 0 Å². The Morgan fingerprint density at radius 2 is 1.44 bits per heavy atom. The van der Waals surface area contributed by atoms with E-state index in [1.54, 1.807) is 0 Å². The summed E-state index contributed by atoms with van der Waals surface area (Å²) in [7, 11) is -2.81. The van der Waals surface area contributed by atoms with Crippen LogP contribution in [-0.4, -0.2) is 6.16 Å². The molecule has 0 aromatic heterocycles. The van der Waals surface area contributed by atoms with Gasteiger partial charge in [-0.2, -0.15) is 0 Å². The van der Waals surface area contributed by atoms with Crippen LogP contribution in [0.2, 0.25) is 0 Å². The smallest absolute Gasteiger partial charge is 0.144 e. The largest absolute Gasteiger partial charge is 0.314 e. The summed E-state index contributed by atoms with van der Waals surface area (Å²) < 4.78 is 15.1. The Labute approximate surface area is 190 Å². The highest BCUT2D eigenvalue weighted by atomic mass is 31.2. The summed E-state index contributed by atoms with van der Waals surface area (Å²) in [6.45, 7) is 6.81. The van der Waals surface area contributed by atoms with E-state index in [9.17, 15) is 0 Å². The molecule has 4 aromatic rings. The quantitative estimate of drug-likeness (QED) is 0.307. The molecule has 0 saturated carbocycles. The first kappa shape index (κ1) is 19.8. The van der Waals surface area contributed by atoms with Gasteiger partial charge in [0.05, 0.1) is 0 Å². The summed E-state index contributed by atoms with van der Waals surface area (Å²) in [6, 6.07) is 30.2. The molecule has 1 heterocycles. The van der Waals surface area contributed by atoms with E-state index < -0.39 is 7.14 Å². The van der Waals surface area contributed by atoms with Gasteiger partial charge in [-0.05, 0) is 56.7 Å². The molecule has 1 nitrogen and oxygen atoms in total. The second-order valence-electron chi connectivity index (χ2n) is 9.58. The van der Waals surface area contributed by atoms with Gasteiger partial charge in [-0.3, -0.25) is 0 Å². The Kier molecular flexibility index (Phi) is 4.20. The van der Waals surface area contributed by atoms with Crippen LogP contribution in [0.5, 0.6) is 0 Å². The average Bonchev–Trinajstić information content (AvgIpc) is 2.99. The zero-order chi connectivity index (χ0) is 22.1. The zero-order valence-corrected chi connectivity index (χ0v) is 19.7. The molecule has 1 atom stereocenters. The number of benzene rings is 4. The summed E-state index contributed by atoms with van der Waals surface area (Å²) in [5.41, 5.74) is 7.40. The van der Waals surface area contributed by atoms with Gasteiger partial charge in [-0.25, -0.2) is 0 Å². The van der Waals surface area contributed by atoms with Crippen LogP contribution >= 0.6 is 7.14 Å². The van der Waals surface area contributed by atoms with Crippen molar-refractivity contribution >= 4 is 39.7 Å². The van der Waals surface area contributed by atoms with E-state index in [-0.39, 0.29) is 5.41 Å². The van der Waals surface area contributed by atoms with Crippen molar-refractivity contribution in [3.8, 4) is 0 Å². The number of fused-ring (bicyclic) bond motifs is 8. The third-order valence-corrected chi connectivity index (χ3v) is 10.8. The van der Waals surface area contributed by atoms with Crippen LogP contribution in [0.4, 0.5) is 0 Å². The third-order valence-electron chi connectivity index (χ3n) is 7.39. The number of hydrogen-bond donors (Lipinski definition) is 0. The molecule has 1 aliphatic carbocycles. The van der Waals surface area contributed by atoms with E-state index in [0.717, 1.165) is 22.6 Å². The zero-order valence-electron chi connectivity index (χ0n) is 18.9. The van der Waals surface area contributed by atoms with Crippen LogP contribution in [0.15, 0.2) is 84.9 Å². The molecule has 0 N–H and O–H groups in total. The molecule has 0 fully saturated rings. The first-order chi connectivity index (χ1) is 15.5. The Morgan fingerprint density at radius 3 is 2.25 bits per heavy atom. The van der Waals surface area contributed by atoms with E-state index in [1.807, 2.05) is 0 Å². The van der Waals surface area contributed by atoms with E-state index in [4.69, 9.17) is 0 Å². The average molecular weight is 435 g/mol. The molecule has 6 rings (SSSR count). The molecule has 2 heteroatoms. The van der Waals surface area contributed by atoms with Gasteiger partial charge in [-0.15, -0.1) is 0 Å². The van der Waals surface area contributed by atoms with Crippen LogP contribution in [0.25, 0.3) is 21.9 Å². The lowest BCUT2D eigenvalue weighted by Gasteiger charge is -2.29. The predicted molar refractivity (Wildman–Crippen MR) is 138 cm³/mol. The summed E-state index contributed by atoms with van der Waals surface area (Å²) >= 11 is 0. The number of rotatable bonds is 2. The Morgan fingerprint density at radius 1 is 0.750 bits per heavy atom. The van der Waals surface area contributed by atoms with Crippen LogP contribution in [-0.2, 0) is 9.98 Å². The Balaban J connectivity index is 1.89. The van der Waals surface area contributed by atoms with Crippen molar-refractivity contribution in [2.45, 2.75) is 32.6 Å². The van der Waals surface area contributed by atoms with Crippen molar-refractivity contribution in [2.24, 2.45) is 0 Å². The maximum Gasteiger partial charge on any atom is 0.144 e. The molecule has 0 amide bonds. The minimum absolute atomic E-state index is 0.181. The SMILES string of the molecule is CCCP1(=O)c2ccccc2C2=C(c3c1ccc1ccccc31)C(C)(C)c1ccccc12. The highest BCUT2D eigenvalue weighted by molar-refractivity contribution is 7.79. The fourth-order valence-corrected chi connectivity index (χ4v) is 9.24. The van der Waals surface area contributed by atoms with Crippen LogP contribution < -0.4 is 10.6 Å². The molecule has 0 radical (unpaired) electrons. The molecule has 0 saturated heterocycles. The molecular weight excluding hydrogens is 407 g/mol. The lowest BCUT2D eigenvalue weighted by Crippen LogP contribution is -2.25.